The van der Waals surface area contributed by atoms with Gasteiger partial charge < -0.3 is 15.2 Å². The predicted octanol–water partition coefficient (Wildman–Crippen LogP) is 1.22. The van der Waals surface area contributed by atoms with E-state index in [1.54, 1.807) is 13.3 Å². The lowest BCUT2D eigenvalue weighted by Crippen LogP contribution is -2.13. The van der Waals surface area contributed by atoms with E-state index in [-0.39, 0.29) is 19.1 Å². The number of rotatable bonds is 5. The maximum absolute atomic E-state index is 11.6. The summed E-state index contributed by atoms with van der Waals surface area (Å²) in [5.41, 5.74) is 6.91. The minimum Gasteiger partial charge on any atom is -0.497 e. The van der Waals surface area contributed by atoms with Crippen LogP contribution in [0.4, 0.5) is 5.69 Å². The van der Waals surface area contributed by atoms with Gasteiger partial charge in [0.15, 0.2) is 0 Å². The first-order valence-electron chi connectivity index (χ1n) is 5.74. The van der Waals surface area contributed by atoms with Crippen molar-refractivity contribution in [3.05, 3.63) is 42.2 Å². The molecule has 0 aliphatic heterocycles. The zero-order chi connectivity index (χ0) is 13.7. The Morgan fingerprint density at radius 2 is 2.11 bits per heavy atom. The number of carbonyl (C=O) groups excluding carboxylic acids is 1. The standard InChI is InChI=1S/C13H15N3O3/c1-18-12-4-2-10(3-5-12)9-19-13(17)8-16-7-11(14)6-15-16/h2-7H,8-9,14H2,1H3. The van der Waals surface area contributed by atoms with Gasteiger partial charge in [0, 0.05) is 6.20 Å². The monoisotopic (exact) mass is 261 g/mol. The minimum atomic E-state index is -0.362. The van der Waals surface area contributed by atoms with Crippen LogP contribution >= 0.6 is 0 Å². The normalized spacial score (nSPS) is 10.2. The Morgan fingerprint density at radius 1 is 1.37 bits per heavy atom. The number of methoxy groups -OCH3 is 1. The highest BCUT2D eigenvalue weighted by Crippen LogP contribution is 2.12. The largest absolute Gasteiger partial charge is 0.497 e. The summed E-state index contributed by atoms with van der Waals surface area (Å²) < 4.78 is 11.6. The molecule has 1 aromatic heterocycles. The SMILES string of the molecule is COc1ccc(COC(=O)Cn2cc(N)cn2)cc1. The van der Waals surface area contributed by atoms with Gasteiger partial charge in [-0.1, -0.05) is 12.1 Å². The van der Waals surface area contributed by atoms with Crippen molar-refractivity contribution in [2.24, 2.45) is 0 Å². The third-order valence-electron chi connectivity index (χ3n) is 2.50. The van der Waals surface area contributed by atoms with Crippen LogP contribution < -0.4 is 10.5 Å². The van der Waals surface area contributed by atoms with E-state index in [1.165, 1.54) is 10.9 Å². The van der Waals surface area contributed by atoms with Crippen molar-refractivity contribution in [3.63, 3.8) is 0 Å². The summed E-state index contributed by atoms with van der Waals surface area (Å²) in [7, 11) is 1.60. The molecule has 0 amide bonds. The van der Waals surface area contributed by atoms with Crippen LogP contribution in [0.25, 0.3) is 0 Å². The highest BCUT2D eigenvalue weighted by Gasteiger charge is 2.05. The molecule has 0 saturated carbocycles. The third kappa shape index (κ3) is 3.74. The number of esters is 1. The molecular weight excluding hydrogens is 246 g/mol. The molecule has 6 nitrogen and oxygen atoms in total. The van der Waals surface area contributed by atoms with Gasteiger partial charge in [0.05, 0.1) is 19.0 Å². The first-order valence-corrected chi connectivity index (χ1v) is 5.74. The van der Waals surface area contributed by atoms with Gasteiger partial charge in [-0.15, -0.1) is 0 Å². The molecule has 0 aliphatic carbocycles. The van der Waals surface area contributed by atoms with Crippen LogP contribution in [0.1, 0.15) is 5.56 Å². The Bertz CT molecular complexity index is 549. The summed E-state index contributed by atoms with van der Waals surface area (Å²) in [4.78, 5) is 11.6. The number of hydrogen-bond acceptors (Lipinski definition) is 5. The summed E-state index contributed by atoms with van der Waals surface area (Å²) >= 11 is 0. The summed E-state index contributed by atoms with van der Waals surface area (Å²) in [5, 5.41) is 3.91. The molecule has 0 unspecified atom stereocenters. The first-order chi connectivity index (χ1) is 9.17. The highest BCUT2D eigenvalue weighted by molar-refractivity contribution is 5.69. The van der Waals surface area contributed by atoms with Gasteiger partial charge in [0.2, 0.25) is 0 Å². The number of ether oxygens (including phenoxy) is 2. The van der Waals surface area contributed by atoms with Crippen LogP contribution in [0.2, 0.25) is 0 Å². The quantitative estimate of drug-likeness (QED) is 0.818. The Kier molecular flexibility index (Phi) is 4.02. The van der Waals surface area contributed by atoms with Crippen LogP contribution in [0, 0.1) is 0 Å². The number of nitrogens with zero attached hydrogens (tertiary/aromatic N) is 2. The second-order valence-corrected chi connectivity index (χ2v) is 3.98. The summed E-state index contributed by atoms with van der Waals surface area (Å²) in [6.45, 7) is 0.271. The van der Waals surface area contributed by atoms with Gasteiger partial charge in [-0.2, -0.15) is 5.10 Å². The van der Waals surface area contributed by atoms with E-state index >= 15 is 0 Å². The maximum Gasteiger partial charge on any atom is 0.328 e. The van der Waals surface area contributed by atoms with Gasteiger partial charge in [0.1, 0.15) is 18.9 Å². The number of aromatic nitrogens is 2. The van der Waals surface area contributed by atoms with Crippen LogP contribution in [0.5, 0.6) is 5.75 Å². The average molecular weight is 261 g/mol. The van der Waals surface area contributed by atoms with E-state index in [0.717, 1.165) is 11.3 Å². The summed E-state index contributed by atoms with van der Waals surface area (Å²) in [6, 6.07) is 7.32. The fraction of sp³-hybridized carbons (Fsp3) is 0.231. The van der Waals surface area contributed by atoms with E-state index in [1.807, 2.05) is 24.3 Å². The summed E-state index contributed by atoms with van der Waals surface area (Å²) in [5.74, 6) is 0.404. The zero-order valence-electron chi connectivity index (χ0n) is 10.6. The lowest BCUT2D eigenvalue weighted by molar-refractivity contribution is -0.145. The van der Waals surface area contributed by atoms with Crippen LogP contribution in [-0.4, -0.2) is 22.9 Å². The van der Waals surface area contributed by atoms with Gasteiger partial charge in [-0.3, -0.25) is 9.48 Å². The van der Waals surface area contributed by atoms with E-state index in [2.05, 4.69) is 5.10 Å². The van der Waals surface area contributed by atoms with Crippen LogP contribution in [-0.2, 0) is 22.7 Å². The third-order valence-corrected chi connectivity index (χ3v) is 2.50. The van der Waals surface area contributed by atoms with E-state index in [4.69, 9.17) is 15.2 Å². The Morgan fingerprint density at radius 3 is 2.68 bits per heavy atom. The average Bonchev–Trinajstić information content (AvgIpc) is 2.82. The number of carbonyl (C=O) groups is 1. The second kappa shape index (κ2) is 5.90. The maximum atomic E-state index is 11.6. The Labute approximate surface area is 110 Å². The van der Waals surface area contributed by atoms with E-state index < -0.39 is 0 Å². The fourth-order valence-corrected chi connectivity index (χ4v) is 1.53. The number of nitrogens with two attached hydrogens (primary N) is 1. The molecule has 1 aromatic carbocycles. The van der Waals surface area contributed by atoms with Gasteiger partial charge in [0.25, 0.3) is 0 Å². The Hall–Kier alpha value is -2.50. The van der Waals surface area contributed by atoms with Gasteiger partial charge in [-0.25, -0.2) is 0 Å². The lowest BCUT2D eigenvalue weighted by Gasteiger charge is -2.06. The minimum absolute atomic E-state index is 0.0490. The summed E-state index contributed by atoms with van der Waals surface area (Å²) in [6.07, 6.45) is 3.06. The number of nitrogen functional groups attached to an aromatic ring is 1. The molecule has 1 heterocycles. The topological polar surface area (TPSA) is 79.4 Å². The zero-order valence-corrected chi connectivity index (χ0v) is 10.6. The molecule has 0 atom stereocenters. The number of benzene rings is 1. The van der Waals surface area contributed by atoms with Crippen LogP contribution in [0.3, 0.4) is 0 Å². The predicted molar refractivity (Wildman–Crippen MR) is 69.4 cm³/mol. The van der Waals surface area contributed by atoms with Gasteiger partial charge >= 0.3 is 5.97 Å². The van der Waals surface area contributed by atoms with E-state index in [0.29, 0.717) is 5.69 Å². The van der Waals surface area contributed by atoms with Crippen LogP contribution in [0.15, 0.2) is 36.7 Å². The van der Waals surface area contributed by atoms with Crippen molar-refractivity contribution < 1.29 is 14.3 Å². The molecule has 0 fully saturated rings. The molecule has 0 spiro atoms. The molecular formula is C13H15N3O3. The second-order valence-electron chi connectivity index (χ2n) is 3.98. The van der Waals surface area contributed by atoms with Crippen molar-refractivity contribution >= 4 is 11.7 Å². The smallest absolute Gasteiger partial charge is 0.328 e. The lowest BCUT2D eigenvalue weighted by atomic mass is 10.2. The molecule has 6 heteroatoms. The fourth-order valence-electron chi connectivity index (χ4n) is 1.53. The first kappa shape index (κ1) is 12.9. The molecule has 0 radical (unpaired) electrons. The molecule has 0 aliphatic rings. The molecule has 0 bridgehead atoms. The van der Waals surface area contributed by atoms with Crippen molar-refractivity contribution in [1.82, 2.24) is 9.78 Å². The van der Waals surface area contributed by atoms with Gasteiger partial charge in [-0.05, 0) is 17.7 Å². The Balaban J connectivity index is 1.82. The van der Waals surface area contributed by atoms with Crippen molar-refractivity contribution in [2.45, 2.75) is 13.2 Å². The van der Waals surface area contributed by atoms with Crippen molar-refractivity contribution in [1.29, 1.82) is 0 Å². The molecule has 2 aromatic rings. The molecule has 2 N–H and O–H groups in total. The van der Waals surface area contributed by atoms with Crippen molar-refractivity contribution in [3.8, 4) is 5.75 Å². The number of anilines is 1. The number of hydrogen-bond donors (Lipinski definition) is 1. The van der Waals surface area contributed by atoms with Crippen molar-refractivity contribution in [2.75, 3.05) is 12.8 Å². The highest BCUT2D eigenvalue weighted by atomic mass is 16.5. The molecule has 100 valence electrons. The molecule has 0 saturated heterocycles. The molecule has 2 rings (SSSR count). The van der Waals surface area contributed by atoms with E-state index in [9.17, 15) is 4.79 Å². The molecule has 19 heavy (non-hydrogen) atoms.